The molecule has 0 aliphatic carbocycles. The third-order valence-corrected chi connectivity index (χ3v) is 9.93. The fourth-order valence-electron chi connectivity index (χ4n) is 7.72. The minimum absolute atomic E-state index is 0.309. The first-order valence-electron chi connectivity index (χ1n) is 16.6. The third kappa shape index (κ3) is 4.57. The van der Waals surface area contributed by atoms with Crippen LogP contribution in [-0.2, 0) is 5.41 Å². The van der Waals surface area contributed by atoms with Crippen LogP contribution < -0.4 is 4.90 Å². The number of alkyl halides is 1. The average molecular weight is 637 g/mol. The largest absolute Gasteiger partial charge is 0.310 e. The lowest BCUT2D eigenvalue weighted by Crippen LogP contribution is -2.30. The van der Waals surface area contributed by atoms with Gasteiger partial charge in [0.2, 0.25) is 0 Å². The standard InChI is InChI=1S/C44H33FN4/c1-44(2)35-20-6-7-22-37(35)48(32-16-4-3-5-17-32)39-24-23-38-40(41(39)44)34-19-12-26-47-43(34)49(38)33-18-11-15-31(28-33)42(45)30-14-10-13-29(27-30)36-21-8-9-25-46-36/h3-28,42H,1-2H3. The van der Waals surface area contributed by atoms with Crippen molar-refractivity contribution < 1.29 is 4.39 Å². The molecule has 0 fully saturated rings. The molecule has 5 aromatic carbocycles. The number of hydrogen-bond donors (Lipinski definition) is 0. The van der Waals surface area contributed by atoms with Crippen molar-refractivity contribution in [3.63, 3.8) is 0 Å². The second-order valence-corrected chi connectivity index (χ2v) is 13.2. The molecule has 9 rings (SSSR count). The minimum atomic E-state index is -1.31. The number of aromatic nitrogens is 3. The Hall–Kier alpha value is -6.07. The quantitative estimate of drug-likeness (QED) is 0.188. The van der Waals surface area contributed by atoms with E-state index in [1.807, 2.05) is 79.0 Å². The van der Waals surface area contributed by atoms with E-state index in [0.717, 1.165) is 50.3 Å². The van der Waals surface area contributed by atoms with E-state index in [2.05, 4.69) is 101 Å². The van der Waals surface area contributed by atoms with Crippen LogP contribution in [0.5, 0.6) is 0 Å². The van der Waals surface area contributed by atoms with Crippen LogP contribution in [0.3, 0.4) is 0 Å². The molecule has 0 radical (unpaired) electrons. The summed E-state index contributed by atoms with van der Waals surface area (Å²) < 4.78 is 18.6. The number of pyridine rings is 2. The maximum atomic E-state index is 16.4. The van der Waals surface area contributed by atoms with E-state index < -0.39 is 6.17 Å². The molecule has 1 aliphatic heterocycles. The van der Waals surface area contributed by atoms with Crippen molar-refractivity contribution in [2.45, 2.75) is 25.4 Å². The van der Waals surface area contributed by atoms with E-state index in [4.69, 9.17) is 4.98 Å². The van der Waals surface area contributed by atoms with Crippen molar-refractivity contribution in [3.05, 3.63) is 180 Å². The minimum Gasteiger partial charge on any atom is -0.310 e. The van der Waals surface area contributed by atoms with Gasteiger partial charge < -0.3 is 4.90 Å². The summed E-state index contributed by atoms with van der Waals surface area (Å²) in [6, 6.07) is 49.1. The Morgan fingerprint density at radius 1 is 0.612 bits per heavy atom. The van der Waals surface area contributed by atoms with Crippen LogP contribution in [0.1, 0.15) is 42.3 Å². The molecular formula is C44H33FN4. The molecule has 0 spiro atoms. The summed E-state index contributed by atoms with van der Waals surface area (Å²) in [6.45, 7) is 4.64. The van der Waals surface area contributed by atoms with Gasteiger partial charge in [-0.1, -0.05) is 86.6 Å². The fourth-order valence-corrected chi connectivity index (χ4v) is 7.72. The van der Waals surface area contributed by atoms with Crippen LogP contribution in [0.15, 0.2) is 158 Å². The highest BCUT2D eigenvalue weighted by atomic mass is 19.1. The SMILES string of the molecule is CC1(C)c2ccccc2N(c2ccccc2)c2ccc3c(c21)c1cccnc1n3-c1cccc(C(F)c2cccc(-c3ccccn3)c2)c1. The second-order valence-electron chi connectivity index (χ2n) is 13.2. The smallest absolute Gasteiger partial charge is 0.150 e. The van der Waals surface area contributed by atoms with Crippen molar-refractivity contribution in [1.29, 1.82) is 0 Å². The van der Waals surface area contributed by atoms with Gasteiger partial charge in [0.15, 0.2) is 6.17 Å². The lowest BCUT2D eigenvalue weighted by atomic mass is 9.72. The number of fused-ring (bicyclic) bond motifs is 6. The van der Waals surface area contributed by atoms with E-state index in [0.29, 0.717) is 11.1 Å². The number of para-hydroxylation sites is 2. The predicted octanol–water partition coefficient (Wildman–Crippen LogP) is 11.4. The van der Waals surface area contributed by atoms with Gasteiger partial charge in [-0.3, -0.25) is 9.55 Å². The third-order valence-electron chi connectivity index (χ3n) is 9.93. The first kappa shape index (κ1) is 29.1. The first-order valence-corrected chi connectivity index (χ1v) is 16.6. The molecule has 5 heteroatoms. The zero-order valence-corrected chi connectivity index (χ0v) is 27.3. The summed E-state index contributed by atoms with van der Waals surface area (Å²) in [5, 5.41) is 2.23. The van der Waals surface area contributed by atoms with Crippen LogP contribution in [0.4, 0.5) is 21.5 Å². The topological polar surface area (TPSA) is 34.0 Å². The Bertz CT molecular complexity index is 2500. The Morgan fingerprint density at radius 3 is 2.18 bits per heavy atom. The summed E-state index contributed by atoms with van der Waals surface area (Å²) >= 11 is 0. The van der Waals surface area contributed by atoms with Gasteiger partial charge in [0.1, 0.15) is 5.65 Å². The van der Waals surface area contributed by atoms with Crippen LogP contribution in [0.2, 0.25) is 0 Å². The summed E-state index contributed by atoms with van der Waals surface area (Å²) in [7, 11) is 0. The Morgan fingerprint density at radius 2 is 1.35 bits per heavy atom. The highest BCUT2D eigenvalue weighted by Gasteiger charge is 2.39. The molecule has 1 atom stereocenters. The van der Waals surface area contributed by atoms with Gasteiger partial charge in [-0.2, -0.15) is 0 Å². The Kier molecular flexibility index (Phi) is 6.70. The molecule has 0 amide bonds. The summed E-state index contributed by atoms with van der Waals surface area (Å²) in [6.07, 6.45) is 2.28. The van der Waals surface area contributed by atoms with Crippen LogP contribution >= 0.6 is 0 Å². The van der Waals surface area contributed by atoms with Crippen molar-refractivity contribution in [3.8, 4) is 16.9 Å². The molecule has 1 unspecified atom stereocenters. The molecular weight excluding hydrogens is 604 g/mol. The molecule has 1 aliphatic rings. The molecule has 0 saturated carbocycles. The molecule has 8 aromatic rings. The molecule has 49 heavy (non-hydrogen) atoms. The van der Waals surface area contributed by atoms with Crippen LogP contribution in [0.25, 0.3) is 38.9 Å². The number of halogens is 1. The van der Waals surface area contributed by atoms with E-state index in [1.165, 1.54) is 16.8 Å². The van der Waals surface area contributed by atoms with Gasteiger partial charge in [-0.25, -0.2) is 9.37 Å². The van der Waals surface area contributed by atoms with Gasteiger partial charge in [0.25, 0.3) is 0 Å². The molecule has 236 valence electrons. The van der Waals surface area contributed by atoms with Crippen LogP contribution in [-0.4, -0.2) is 14.5 Å². The second kappa shape index (κ2) is 11.3. The predicted molar refractivity (Wildman–Crippen MR) is 198 cm³/mol. The summed E-state index contributed by atoms with van der Waals surface area (Å²) in [5.74, 6) is 0. The van der Waals surface area contributed by atoms with Crippen molar-refractivity contribution >= 4 is 39.0 Å². The van der Waals surface area contributed by atoms with Crippen molar-refractivity contribution in [2.75, 3.05) is 4.90 Å². The average Bonchev–Trinajstić information content (AvgIpc) is 3.50. The maximum absolute atomic E-state index is 16.4. The highest BCUT2D eigenvalue weighted by Crippen LogP contribution is 2.55. The molecule has 0 saturated heterocycles. The van der Waals surface area contributed by atoms with Gasteiger partial charge >= 0.3 is 0 Å². The molecule has 4 heterocycles. The van der Waals surface area contributed by atoms with E-state index >= 15 is 4.39 Å². The number of benzene rings is 5. The van der Waals surface area contributed by atoms with E-state index in [9.17, 15) is 0 Å². The normalized spacial score (nSPS) is 14.1. The number of rotatable bonds is 5. The number of hydrogen-bond acceptors (Lipinski definition) is 3. The first-order chi connectivity index (χ1) is 24.0. The monoisotopic (exact) mass is 636 g/mol. The molecule has 3 aromatic heterocycles. The Balaban J connectivity index is 1.24. The summed E-state index contributed by atoms with van der Waals surface area (Å²) in [5.41, 5.74) is 11.3. The van der Waals surface area contributed by atoms with Gasteiger partial charge in [0, 0.05) is 45.5 Å². The number of anilines is 3. The number of nitrogens with zero attached hydrogens (tertiary/aromatic N) is 4. The van der Waals surface area contributed by atoms with Gasteiger partial charge in [-0.05, 0) is 95.1 Å². The van der Waals surface area contributed by atoms with E-state index in [1.54, 1.807) is 6.20 Å². The maximum Gasteiger partial charge on any atom is 0.150 e. The van der Waals surface area contributed by atoms with Crippen LogP contribution in [0, 0.1) is 0 Å². The van der Waals surface area contributed by atoms with Crippen molar-refractivity contribution in [2.24, 2.45) is 0 Å². The molecule has 4 nitrogen and oxygen atoms in total. The lowest BCUT2D eigenvalue weighted by Gasteiger charge is -2.42. The van der Waals surface area contributed by atoms with E-state index in [-0.39, 0.29) is 5.41 Å². The summed E-state index contributed by atoms with van der Waals surface area (Å²) in [4.78, 5) is 11.8. The lowest BCUT2D eigenvalue weighted by molar-refractivity contribution is 0.402. The zero-order valence-electron chi connectivity index (χ0n) is 27.3. The van der Waals surface area contributed by atoms with Gasteiger partial charge in [0.05, 0.1) is 22.6 Å². The van der Waals surface area contributed by atoms with Crippen molar-refractivity contribution in [1.82, 2.24) is 14.5 Å². The molecule has 0 N–H and O–H groups in total. The van der Waals surface area contributed by atoms with Gasteiger partial charge in [-0.15, -0.1) is 0 Å². The zero-order chi connectivity index (χ0) is 33.1. The molecule has 0 bridgehead atoms. The Labute approximate surface area is 284 Å². The fraction of sp³-hybridized carbons (Fsp3) is 0.0909. The highest BCUT2D eigenvalue weighted by molar-refractivity contribution is 6.13.